The lowest BCUT2D eigenvalue weighted by Gasteiger charge is -2.31. The van der Waals surface area contributed by atoms with Gasteiger partial charge in [0, 0.05) is 18.9 Å². The third kappa shape index (κ3) is 3.33. The first-order valence-electron chi connectivity index (χ1n) is 6.85. The van der Waals surface area contributed by atoms with Crippen molar-refractivity contribution in [2.24, 2.45) is 5.41 Å². The van der Waals surface area contributed by atoms with E-state index in [1.54, 1.807) is 0 Å². The van der Waals surface area contributed by atoms with Gasteiger partial charge in [-0.15, -0.1) is 0 Å². The van der Waals surface area contributed by atoms with Crippen LogP contribution in [0.2, 0.25) is 0 Å². The number of carbonyl (C=O) groups is 1. The van der Waals surface area contributed by atoms with E-state index in [0.717, 1.165) is 13.0 Å². The topological polar surface area (TPSA) is 53.6 Å². The summed E-state index contributed by atoms with van der Waals surface area (Å²) in [5.74, 6) is 0. The van der Waals surface area contributed by atoms with Gasteiger partial charge in [-0.3, -0.25) is 0 Å². The first-order chi connectivity index (χ1) is 8.68. The highest BCUT2D eigenvalue weighted by atomic mass is 16.6. The first-order valence-corrected chi connectivity index (χ1v) is 6.85. The van der Waals surface area contributed by atoms with E-state index in [0.29, 0.717) is 0 Å². The molecule has 1 fully saturated rings. The van der Waals surface area contributed by atoms with Gasteiger partial charge in [-0.25, -0.2) is 4.79 Å². The number of rotatable bonds is 1. The van der Waals surface area contributed by atoms with Crippen LogP contribution < -0.4 is 10.6 Å². The highest BCUT2D eigenvalue weighted by Gasteiger charge is 2.45. The molecule has 2 N–H and O–H groups in total. The number of carbonyl (C=O) groups excluding carboxylic acids is 1. The van der Waals surface area contributed by atoms with Crippen LogP contribution in [0.3, 0.4) is 0 Å². The highest BCUT2D eigenvalue weighted by molar-refractivity contribution is 5.69. The maximum absolute atomic E-state index is 12.3. The zero-order valence-electron chi connectivity index (χ0n) is 12.5. The molecule has 1 amide bonds. The largest absolute Gasteiger partial charge is 0.444 e. The summed E-state index contributed by atoms with van der Waals surface area (Å²) in [5, 5.41) is 6.49. The van der Waals surface area contributed by atoms with E-state index in [2.05, 4.69) is 24.5 Å². The SMILES string of the molecule is CC1(C)C[C@@H](C2NC=CN2)N(C(=O)OC(C)(C)C)C1. The van der Waals surface area contributed by atoms with Crippen molar-refractivity contribution in [3.63, 3.8) is 0 Å². The van der Waals surface area contributed by atoms with E-state index >= 15 is 0 Å². The van der Waals surface area contributed by atoms with Crippen molar-refractivity contribution in [3.8, 4) is 0 Å². The van der Waals surface area contributed by atoms with Crippen LogP contribution in [0.5, 0.6) is 0 Å². The molecule has 5 heteroatoms. The molecule has 0 bridgehead atoms. The van der Waals surface area contributed by atoms with Gasteiger partial charge in [0.2, 0.25) is 0 Å². The summed E-state index contributed by atoms with van der Waals surface area (Å²) >= 11 is 0. The minimum Gasteiger partial charge on any atom is -0.444 e. The van der Waals surface area contributed by atoms with Crippen LogP contribution >= 0.6 is 0 Å². The van der Waals surface area contributed by atoms with Gasteiger partial charge in [0.25, 0.3) is 0 Å². The monoisotopic (exact) mass is 267 g/mol. The van der Waals surface area contributed by atoms with Gasteiger partial charge in [-0.2, -0.15) is 0 Å². The van der Waals surface area contributed by atoms with Crippen LogP contribution in [0, 0.1) is 5.41 Å². The van der Waals surface area contributed by atoms with Crippen LogP contribution in [0.4, 0.5) is 4.79 Å². The highest BCUT2D eigenvalue weighted by Crippen LogP contribution is 2.36. The van der Waals surface area contributed by atoms with E-state index < -0.39 is 5.60 Å². The number of nitrogens with zero attached hydrogens (tertiary/aromatic N) is 1. The molecule has 0 saturated carbocycles. The molecule has 0 spiro atoms. The molecule has 1 atom stereocenters. The minimum absolute atomic E-state index is 0.0780. The van der Waals surface area contributed by atoms with E-state index in [1.165, 1.54) is 0 Å². The molecule has 2 heterocycles. The Hall–Kier alpha value is -1.39. The average Bonchev–Trinajstić information content (AvgIpc) is 2.81. The molecule has 0 aromatic carbocycles. The van der Waals surface area contributed by atoms with Crippen LogP contribution in [0.1, 0.15) is 41.0 Å². The van der Waals surface area contributed by atoms with Crippen molar-refractivity contribution in [1.82, 2.24) is 15.5 Å². The summed E-state index contributed by atoms with van der Waals surface area (Å²) in [6, 6.07) is 0.111. The van der Waals surface area contributed by atoms with Gasteiger partial charge in [0.15, 0.2) is 0 Å². The number of nitrogens with one attached hydrogen (secondary N) is 2. The molecule has 2 rings (SSSR count). The minimum atomic E-state index is -0.455. The molecule has 0 aromatic heterocycles. The maximum atomic E-state index is 12.3. The Kier molecular flexibility index (Phi) is 3.41. The van der Waals surface area contributed by atoms with Crippen LogP contribution in [0.15, 0.2) is 12.4 Å². The fourth-order valence-electron chi connectivity index (χ4n) is 2.71. The summed E-state index contributed by atoms with van der Waals surface area (Å²) < 4.78 is 5.52. The number of likely N-dealkylation sites (tertiary alicyclic amines) is 1. The van der Waals surface area contributed by atoms with Gasteiger partial charge >= 0.3 is 6.09 Å². The van der Waals surface area contributed by atoms with Crippen molar-refractivity contribution in [3.05, 3.63) is 12.4 Å². The Bertz CT molecular complexity index is 377. The number of amides is 1. The van der Waals surface area contributed by atoms with Crippen molar-refractivity contribution in [2.45, 2.75) is 58.8 Å². The lowest BCUT2D eigenvalue weighted by atomic mass is 9.90. The molecule has 0 radical (unpaired) electrons. The van der Waals surface area contributed by atoms with Crippen LogP contribution in [-0.4, -0.2) is 35.3 Å². The fourth-order valence-corrected chi connectivity index (χ4v) is 2.71. The van der Waals surface area contributed by atoms with Crippen molar-refractivity contribution in [1.29, 1.82) is 0 Å². The molecule has 0 unspecified atom stereocenters. The Morgan fingerprint density at radius 1 is 1.32 bits per heavy atom. The molecular formula is C14H25N3O2. The normalized spacial score (nSPS) is 26.2. The lowest BCUT2D eigenvalue weighted by molar-refractivity contribution is 0.0185. The van der Waals surface area contributed by atoms with E-state index in [-0.39, 0.29) is 23.7 Å². The smallest absolute Gasteiger partial charge is 0.410 e. The molecular weight excluding hydrogens is 242 g/mol. The summed E-state index contributed by atoms with van der Waals surface area (Å²) in [7, 11) is 0. The molecule has 0 aromatic rings. The Morgan fingerprint density at radius 3 is 2.42 bits per heavy atom. The quantitative estimate of drug-likeness (QED) is 0.763. The summed E-state index contributed by atoms with van der Waals surface area (Å²) in [6.07, 6.45) is 4.57. The van der Waals surface area contributed by atoms with Gasteiger partial charge in [-0.1, -0.05) is 13.8 Å². The Balaban J connectivity index is 2.09. The maximum Gasteiger partial charge on any atom is 0.410 e. The molecule has 1 saturated heterocycles. The van der Waals surface area contributed by atoms with E-state index in [4.69, 9.17) is 4.74 Å². The second kappa shape index (κ2) is 4.62. The predicted octanol–water partition coefficient (Wildman–Crippen LogP) is 2.01. The second-order valence-electron chi connectivity index (χ2n) is 7.19. The zero-order valence-corrected chi connectivity index (χ0v) is 12.5. The van der Waals surface area contributed by atoms with Crippen molar-refractivity contribution in [2.75, 3.05) is 6.54 Å². The van der Waals surface area contributed by atoms with E-state index in [9.17, 15) is 4.79 Å². The molecule has 0 aliphatic carbocycles. The Morgan fingerprint density at radius 2 is 1.89 bits per heavy atom. The Labute approximate surface area is 115 Å². The molecule has 2 aliphatic heterocycles. The van der Waals surface area contributed by atoms with Crippen LogP contribution in [0.25, 0.3) is 0 Å². The van der Waals surface area contributed by atoms with Crippen LogP contribution in [-0.2, 0) is 4.74 Å². The summed E-state index contributed by atoms with van der Waals surface area (Å²) in [6.45, 7) is 10.8. The van der Waals surface area contributed by atoms with Crippen molar-refractivity contribution >= 4 is 6.09 Å². The second-order valence-corrected chi connectivity index (χ2v) is 7.19. The third-order valence-electron chi connectivity index (χ3n) is 3.41. The zero-order chi connectivity index (χ0) is 14.3. The summed E-state index contributed by atoms with van der Waals surface area (Å²) in [5.41, 5.74) is -0.337. The number of ether oxygens (including phenoxy) is 1. The molecule has 2 aliphatic rings. The molecule has 5 nitrogen and oxygen atoms in total. The molecule has 19 heavy (non-hydrogen) atoms. The summed E-state index contributed by atoms with van der Waals surface area (Å²) in [4.78, 5) is 14.2. The molecule has 108 valence electrons. The van der Waals surface area contributed by atoms with Gasteiger partial charge < -0.3 is 20.3 Å². The van der Waals surface area contributed by atoms with E-state index in [1.807, 2.05) is 38.1 Å². The fraction of sp³-hybridized carbons (Fsp3) is 0.786. The van der Waals surface area contributed by atoms with Gasteiger partial charge in [-0.05, 0) is 32.6 Å². The van der Waals surface area contributed by atoms with Crippen molar-refractivity contribution < 1.29 is 9.53 Å². The standard InChI is InChI=1S/C14H25N3O2/c1-13(2,3)19-12(18)17-9-14(4,5)8-10(17)11-15-6-7-16-11/h6-7,10-11,15-16H,8-9H2,1-5H3/t10-/m0/s1. The van der Waals surface area contributed by atoms with Gasteiger partial charge in [0.1, 0.15) is 11.8 Å². The third-order valence-corrected chi connectivity index (χ3v) is 3.41. The lowest BCUT2D eigenvalue weighted by Crippen LogP contribution is -2.52. The first kappa shape index (κ1) is 14.0. The number of hydrogen-bond donors (Lipinski definition) is 2. The van der Waals surface area contributed by atoms with Gasteiger partial charge in [0.05, 0.1) is 6.04 Å². The number of hydrogen-bond acceptors (Lipinski definition) is 4. The predicted molar refractivity (Wildman–Crippen MR) is 74.3 cm³/mol. The average molecular weight is 267 g/mol.